The van der Waals surface area contributed by atoms with Crippen molar-refractivity contribution in [3.8, 4) is 5.75 Å². The van der Waals surface area contributed by atoms with Gasteiger partial charge in [0.25, 0.3) is 0 Å². The van der Waals surface area contributed by atoms with Gasteiger partial charge in [-0.1, -0.05) is 23.4 Å². The molecule has 106 valence electrons. The molecule has 0 saturated heterocycles. The van der Waals surface area contributed by atoms with Crippen LogP contribution in [0, 0.1) is 0 Å². The highest BCUT2D eigenvalue weighted by atomic mass is 16.5. The van der Waals surface area contributed by atoms with Crippen LogP contribution in [-0.4, -0.2) is 24.2 Å². The molecule has 1 heterocycles. The third-order valence-electron chi connectivity index (χ3n) is 3.62. The average Bonchev–Trinajstić information content (AvgIpc) is 3.20. The number of aromatic nitrogens is 1. The second kappa shape index (κ2) is 5.67. The quantitative estimate of drug-likeness (QED) is 0.809. The summed E-state index contributed by atoms with van der Waals surface area (Å²) < 4.78 is 10.8. The van der Waals surface area contributed by atoms with Crippen molar-refractivity contribution >= 4 is 0 Å². The van der Waals surface area contributed by atoms with Gasteiger partial charge in [-0.25, -0.2) is 0 Å². The SMILES string of the molecule is COc1ccccc1CN(C)Cc1cc(C2CC2)on1. The first-order valence-electron chi connectivity index (χ1n) is 7.02. The Kier molecular flexibility index (Phi) is 3.74. The van der Waals surface area contributed by atoms with Crippen molar-refractivity contribution in [3.05, 3.63) is 47.3 Å². The first-order valence-corrected chi connectivity index (χ1v) is 7.02. The summed E-state index contributed by atoms with van der Waals surface area (Å²) in [6.45, 7) is 1.61. The molecule has 1 aromatic carbocycles. The minimum Gasteiger partial charge on any atom is -0.496 e. The van der Waals surface area contributed by atoms with Crippen molar-refractivity contribution in [2.45, 2.75) is 31.8 Å². The predicted molar refractivity (Wildman–Crippen MR) is 76.6 cm³/mol. The Hall–Kier alpha value is -1.81. The number of ether oxygens (including phenoxy) is 1. The third-order valence-corrected chi connectivity index (χ3v) is 3.62. The zero-order valence-corrected chi connectivity index (χ0v) is 12.0. The highest BCUT2D eigenvalue weighted by molar-refractivity contribution is 5.33. The highest BCUT2D eigenvalue weighted by Gasteiger charge is 2.27. The molecule has 1 fully saturated rings. The van der Waals surface area contributed by atoms with Crippen LogP contribution in [0.5, 0.6) is 5.75 Å². The number of hydrogen-bond donors (Lipinski definition) is 0. The van der Waals surface area contributed by atoms with Gasteiger partial charge in [0.05, 0.1) is 12.8 Å². The molecule has 0 atom stereocenters. The minimum atomic E-state index is 0.621. The largest absolute Gasteiger partial charge is 0.496 e. The minimum absolute atomic E-state index is 0.621. The van der Waals surface area contributed by atoms with E-state index in [2.05, 4.69) is 29.2 Å². The van der Waals surface area contributed by atoms with Crippen LogP contribution in [0.4, 0.5) is 0 Å². The van der Waals surface area contributed by atoms with Crippen LogP contribution in [-0.2, 0) is 13.1 Å². The van der Waals surface area contributed by atoms with E-state index in [1.54, 1.807) is 7.11 Å². The van der Waals surface area contributed by atoms with Crippen molar-refractivity contribution in [1.82, 2.24) is 10.1 Å². The van der Waals surface area contributed by atoms with Gasteiger partial charge >= 0.3 is 0 Å². The summed E-state index contributed by atoms with van der Waals surface area (Å²) in [5.41, 5.74) is 2.19. The number of nitrogens with zero attached hydrogens (tertiary/aromatic N) is 2. The first-order chi connectivity index (χ1) is 9.76. The molecule has 1 saturated carbocycles. The van der Waals surface area contributed by atoms with Crippen LogP contribution in [0.25, 0.3) is 0 Å². The van der Waals surface area contributed by atoms with Crippen molar-refractivity contribution in [1.29, 1.82) is 0 Å². The Morgan fingerprint density at radius 2 is 2.10 bits per heavy atom. The molecular formula is C16H20N2O2. The maximum Gasteiger partial charge on any atom is 0.140 e. The lowest BCUT2D eigenvalue weighted by molar-refractivity contribution is 0.295. The van der Waals surface area contributed by atoms with Crippen LogP contribution in [0.3, 0.4) is 0 Å². The van der Waals surface area contributed by atoms with Gasteiger partial charge in [0.15, 0.2) is 0 Å². The zero-order chi connectivity index (χ0) is 13.9. The molecule has 1 aliphatic rings. The lowest BCUT2D eigenvalue weighted by Crippen LogP contribution is -2.17. The maximum atomic E-state index is 5.38. The molecule has 20 heavy (non-hydrogen) atoms. The molecule has 2 aromatic rings. The van der Waals surface area contributed by atoms with Crippen molar-refractivity contribution < 1.29 is 9.26 Å². The first kappa shape index (κ1) is 13.2. The van der Waals surface area contributed by atoms with Gasteiger partial charge in [0.1, 0.15) is 11.5 Å². The van der Waals surface area contributed by atoms with E-state index in [0.29, 0.717) is 5.92 Å². The molecule has 0 spiro atoms. The summed E-state index contributed by atoms with van der Waals surface area (Å²) in [6, 6.07) is 10.2. The van der Waals surface area contributed by atoms with E-state index in [1.165, 1.54) is 18.4 Å². The Morgan fingerprint density at radius 3 is 2.85 bits per heavy atom. The molecule has 0 N–H and O–H groups in total. The van der Waals surface area contributed by atoms with Crippen molar-refractivity contribution in [2.24, 2.45) is 0 Å². The lowest BCUT2D eigenvalue weighted by atomic mass is 10.2. The third kappa shape index (κ3) is 3.02. The van der Waals surface area contributed by atoms with Crippen LogP contribution >= 0.6 is 0 Å². The summed E-state index contributed by atoms with van der Waals surface area (Å²) >= 11 is 0. The smallest absolute Gasteiger partial charge is 0.140 e. The Balaban J connectivity index is 1.62. The van der Waals surface area contributed by atoms with E-state index in [-0.39, 0.29) is 0 Å². The number of hydrogen-bond acceptors (Lipinski definition) is 4. The number of benzene rings is 1. The van der Waals surface area contributed by atoms with E-state index in [0.717, 1.165) is 30.3 Å². The number of methoxy groups -OCH3 is 1. The zero-order valence-electron chi connectivity index (χ0n) is 12.0. The molecule has 1 aromatic heterocycles. The average molecular weight is 272 g/mol. The second-order valence-corrected chi connectivity index (χ2v) is 5.48. The van der Waals surface area contributed by atoms with Crippen LogP contribution < -0.4 is 4.74 Å². The van der Waals surface area contributed by atoms with Gasteiger partial charge in [-0.3, -0.25) is 4.90 Å². The summed E-state index contributed by atoms with van der Waals surface area (Å²) in [5, 5.41) is 4.15. The molecule has 0 unspecified atom stereocenters. The van der Waals surface area contributed by atoms with Crippen LogP contribution in [0.1, 0.15) is 35.8 Å². The molecule has 4 heteroatoms. The fraction of sp³-hybridized carbons (Fsp3) is 0.438. The monoisotopic (exact) mass is 272 g/mol. The molecule has 0 bridgehead atoms. The normalized spacial score (nSPS) is 14.8. The Labute approximate surface area is 119 Å². The molecule has 3 rings (SSSR count). The van der Waals surface area contributed by atoms with Gasteiger partial charge in [-0.2, -0.15) is 0 Å². The molecule has 4 nitrogen and oxygen atoms in total. The molecule has 0 radical (unpaired) electrons. The molecule has 0 aliphatic heterocycles. The summed E-state index contributed by atoms with van der Waals surface area (Å²) in [5.74, 6) is 2.60. The van der Waals surface area contributed by atoms with Gasteiger partial charge in [0, 0.05) is 30.6 Å². The number of para-hydroxylation sites is 1. The van der Waals surface area contributed by atoms with Crippen molar-refractivity contribution in [3.63, 3.8) is 0 Å². The van der Waals surface area contributed by atoms with Crippen molar-refractivity contribution in [2.75, 3.05) is 14.2 Å². The van der Waals surface area contributed by atoms with Gasteiger partial charge in [-0.15, -0.1) is 0 Å². The standard InChI is InChI=1S/C16H20N2O2/c1-18(10-13-5-3-4-6-15(13)19-2)11-14-9-16(20-17-14)12-7-8-12/h3-6,9,12H,7-8,10-11H2,1-2H3. The highest BCUT2D eigenvalue weighted by Crippen LogP contribution is 2.40. The molecule has 0 amide bonds. The summed E-state index contributed by atoms with van der Waals surface area (Å²) in [6.07, 6.45) is 2.48. The molecular weight excluding hydrogens is 252 g/mol. The number of rotatable bonds is 6. The fourth-order valence-corrected chi connectivity index (χ4v) is 2.42. The lowest BCUT2D eigenvalue weighted by Gasteiger charge is -2.16. The molecule has 1 aliphatic carbocycles. The van der Waals surface area contributed by atoms with E-state index < -0.39 is 0 Å². The van der Waals surface area contributed by atoms with Crippen LogP contribution in [0.15, 0.2) is 34.9 Å². The Morgan fingerprint density at radius 1 is 1.30 bits per heavy atom. The van der Waals surface area contributed by atoms with Crippen LogP contribution in [0.2, 0.25) is 0 Å². The summed E-state index contributed by atoms with van der Waals surface area (Å²) in [7, 11) is 3.79. The van der Waals surface area contributed by atoms with E-state index in [1.807, 2.05) is 18.2 Å². The maximum absolute atomic E-state index is 5.38. The topological polar surface area (TPSA) is 38.5 Å². The van der Waals surface area contributed by atoms with E-state index in [4.69, 9.17) is 9.26 Å². The van der Waals surface area contributed by atoms with Gasteiger partial charge < -0.3 is 9.26 Å². The Bertz CT molecular complexity index is 575. The van der Waals surface area contributed by atoms with Gasteiger partial charge in [0.2, 0.25) is 0 Å². The second-order valence-electron chi connectivity index (χ2n) is 5.48. The predicted octanol–water partition coefficient (Wildman–Crippen LogP) is 3.19. The summed E-state index contributed by atoms with van der Waals surface area (Å²) in [4.78, 5) is 2.21. The van der Waals surface area contributed by atoms with Gasteiger partial charge in [-0.05, 0) is 26.0 Å². The van der Waals surface area contributed by atoms with E-state index in [9.17, 15) is 0 Å². The fourth-order valence-electron chi connectivity index (χ4n) is 2.42. The van der Waals surface area contributed by atoms with E-state index >= 15 is 0 Å².